The molecular formula is C22H25N3O3. The third-order valence-electron chi connectivity index (χ3n) is 4.61. The molecule has 6 heteroatoms. The molecule has 1 aliphatic rings. The molecule has 0 aliphatic carbocycles. The number of amides is 2. The highest BCUT2D eigenvalue weighted by Gasteiger charge is 2.32. The van der Waals surface area contributed by atoms with E-state index in [0.717, 1.165) is 17.5 Å². The van der Waals surface area contributed by atoms with Crippen molar-refractivity contribution in [1.82, 2.24) is 5.32 Å². The molecule has 1 atom stereocenters. The second kappa shape index (κ2) is 8.17. The summed E-state index contributed by atoms with van der Waals surface area (Å²) in [6, 6.07) is 12.9. The Morgan fingerprint density at radius 1 is 1.29 bits per heavy atom. The molecule has 0 bridgehead atoms. The van der Waals surface area contributed by atoms with E-state index in [9.17, 15) is 9.59 Å². The summed E-state index contributed by atoms with van der Waals surface area (Å²) in [5.41, 5.74) is 8.81. The molecule has 3 rings (SSSR count). The lowest BCUT2D eigenvalue weighted by Crippen LogP contribution is -2.46. The van der Waals surface area contributed by atoms with Crippen LogP contribution in [0.4, 0.5) is 11.4 Å². The molecule has 0 radical (unpaired) electrons. The zero-order valence-electron chi connectivity index (χ0n) is 16.4. The highest BCUT2D eigenvalue weighted by Crippen LogP contribution is 2.37. The number of anilines is 2. The standard InChI is InChI=1S/C22H25N3O3/c1-4-15(3)24-21(26)13-25-18-12-17(23)8-9-19(18)28-20(22(25)27)11-16-7-5-6-14(2)10-16/h5-12,15H,4,13,23H2,1-3H3,(H,24,26)/b20-11+. The van der Waals surface area contributed by atoms with E-state index >= 15 is 0 Å². The Morgan fingerprint density at radius 2 is 2.07 bits per heavy atom. The fraction of sp³-hybridized carbons (Fsp3) is 0.273. The van der Waals surface area contributed by atoms with Gasteiger partial charge in [0.25, 0.3) is 5.91 Å². The number of fused-ring (bicyclic) bond motifs is 1. The summed E-state index contributed by atoms with van der Waals surface area (Å²) in [6.07, 6.45) is 2.50. The number of carbonyl (C=O) groups is 2. The van der Waals surface area contributed by atoms with Gasteiger partial charge in [-0.15, -0.1) is 0 Å². The van der Waals surface area contributed by atoms with Crippen LogP contribution in [0.2, 0.25) is 0 Å². The first kappa shape index (κ1) is 19.5. The molecule has 0 saturated heterocycles. The number of nitrogens with one attached hydrogen (secondary N) is 1. The zero-order valence-corrected chi connectivity index (χ0v) is 16.4. The van der Waals surface area contributed by atoms with E-state index < -0.39 is 0 Å². The smallest absolute Gasteiger partial charge is 0.294 e. The molecule has 3 N–H and O–H groups in total. The largest absolute Gasteiger partial charge is 0.449 e. The molecule has 2 aromatic carbocycles. The van der Waals surface area contributed by atoms with Gasteiger partial charge in [-0.2, -0.15) is 0 Å². The van der Waals surface area contributed by atoms with Crippen LogP contribution in [0.3, 0.4) is 0 Å². The third-order valence-corrected chi connectivity index (χ3v) is 4.61. The van der Waals surface area contributed by atoms with E-state index in [1.807, 2.05) is 45.0 Å². The van der Waals surface area contributed by atoms with Gasteiger partial charge in [0.2, 0.25) is 5.91 Å². The maximum Gasteiger partial charge on any atom is 0.294 e. The van der Waals surface area contributed by atoms with Crippen LogP contribution in [-0.4, -0.2) is 24.4 Å². The van der Waals surface area contributed by atoms with Crippen LogP contribution >= 0.6 is 0 Å². The Kier molecular flexibility index (Phi) is 5.68. The van der Waals surface area contributed by atoms with Crippen molar-refractivity contribution < 1.29 is 14.3 Å². The Bertz CT molecular complexity index is 936. The van der Waals surface area contributed by atoms with Gasteiger partial charge < -0.3 is 15.8 Å². The van der Waals surface area contributed by atoms with Crippen LogP contribution < -0.4 is 20.7 Å². The summed E-state index contributed by atoms with van der Waals surface area (Å²) in [7, 11) is 0. The van der Waals surface area contributed by atoms with Crippen molar-refractivity contribution in [3.8, 4) is 5.75 Å². The number of carbonyl (C=O) groups excluding carboxylic acids is 2. The molecule has 28 heavy (non-hydrogen) atoms. The van der Waals surface area contributed by atoms with E-state index in [2.05, 4.69) is 5.32 Å². The first-order valence-electron chi connectivity index (χ1n) is 9.34. The normalized spacial score (nSPS) is 15.8. The van der Waals surface area contributed by atoms with Crippen molar-refractivity contribution in [2.24, 2.45) is 0 Å². The van der Waals surface area contributed by atoms with Crippen LogP contribution in [0.5, 0.6) is 5.75 Å². The second-order valence-electron chi connectivity index (χ2n) is 7.02. The Morgan fingerprint density at radius 3 is 2.79 bits per heavy atom. The molecule has 0 fully saturated rings. The van der Waals surface area contributed by atoms with Gasteiger partial charge in [-0.25, -0.2) is 0 Å². The summed E-state index contributed by atoms with van der Waals surface area (Å²) in [5, 5.41) is 2.89. The van der Waals surface area contributed by atoms with Gasteiger partial charge in [0, 0.05) is 11.7 Å². The number of aryl methyl sites for hydroxylation is 1. The molecule has 0 saturated carbocycles. The van der Waals surface area contributed by atoms with E-state index in [1.165, 1.54) is 4.90 Å². The summed E-state index contributed by atoms with van der Waals surface area (Å²) < 4.78 is 5.84. The number of ether oxygens (including phenoxy) is 1. The van der Waals surface area contributed by atoms with Crippen molar-refractivity contribution in [1.29, 1.82) is 0 Å². The van der Waals surface area contributed by atoms with E-state index in [0.29, 0.717) is 17.1 Å². The van der Waals surface area contributed by atoms with Gasteiger partial charge in [0.05, 0.1) is 5.69 Å². The molecule has 0 aromatic heterocycles. The van der Waals surface area contributed by atoms with Crippen molar-refractivity contribution >= 4 is 29.3 Å². The molecule has 146 valence electrons. The zero-order chi connectivity index (χ0) is 20.3. The van der Waals surface area contributed by atoms with Gasteiger partial charge in [0.15, 0.2) is 11.5 Å². The SMILES string of the molecule is CCC(C)NC(=O)CN1C(=O)/C(=C\c2cccc(C)c2)Oc2ccc(N)cc21. The van der Waals surface area contributed by atoms with Crippen molar-refractivity contribution in [3.05, 3.63) is 59.4 Å². The van der Waals surface area contributed by atoms with Crippen molar-refractivity contribution in [2.45, 2.75) is 33.2 Å². The minimum atomic E-state index is -0.376. The number of benzene rings is 2. The lowest BCUT2D eigenvalue weighted by Gasteiger charge is -2.30. The number of nitrogen functional groups attached to an aromatic ring is 1. The number of hydrogen-bond donors (Lipinski definition) is 2. The third kappa shape index (κ3) is 4.34. The predicted molar refractivity (Wildman–Crippen MR) is 111 cm³/mol. The summed E-state index contributed by atoms with van der Waals surface area (Å²) in [6.45, 7) is 5.79. The number of nitrogens with zero attached hydrogens (tertiary/aromatic N) is 1. The molecule has 6 nitrogen and oxygen atoms in total. The monoisotopic (exact) mass is 379 g/mol. The molecule has 1 unspecified atom stereocenters. The maximum atomic E-state index is 13.1. The average Bonchev–Trinajstić information content (AvgIpc) is 2.65. The quantitative estimate of drug-likeness (QED) is 0.617. The predicted octanol–water partition coefficient (Wildman–Crippen LogP) is 3.26. The van der Waals surface area contributed by atoms with Crippen LogP contribution in [-0.2, 0) is 9.59 Å². The first-order chi connectivity index (χ1) is 13.4. The summed E-state index contributed by atoms with van der Waals surface area (Å²) in [4.78, 5) is 26.9. The van der Waals surface area contributed by atoms with Crippen molar-refractivity contribution in [2.75, 3.05) is 17.2 Å². The average molecular weight is 379 g/mol. The molecule has 2 aromatic rings. The van der Waals surface area contributed by atoms with Crippen LogP contribution in [0, 0.1) is 6.92 Å². The van der Waals surface area contributed by atoms with E-state index in [1.54, 1.807) is 24.3 Å². The number of nitrogens with two attached hydrogens (primary N) is 1. The Balaban J connectivity index is 1.96. The number of hydrogen-bond acceptors (Lipinski definition) is 4. The summed E-state index contributed by atoms with van der Waals surface area (Å²) >= 11 is 0. The van der Waals surface area contributed by atoms with Gasteiger partial charge >= 0.3 is 0 Å². The molecular weight excluding hydrogens is 354 g/mol. The highest BCUT2D eigenvalue weighted by atomic mass is 16.5. The maximum absolute atomic E-state index is 13.1. The van der Waals surface area contributed by atoms with Gasteiger partial charge in [-0.05, 0) is 50.1 Å². The first-order valence-corrected chi connectivity index (χ1v) is 9.34. The van der Waals surface area contributed by atoms with E-state index in [-0.39, 0.29) is 30.2 Å². The molecule has 2 amide bonds. The van der Waals surface area contributed by atoms with Crippen LogP contribution in [0.15, 0.2) is 48.2 Å². The lowest BCUT2D eigenvalue weighted by molar-refractivity contribution is -0.123. The topological polar surface area (TPSA) is 84.7 Å². The molecule has 1 heterocycles. The highest BCUT2D eigenvalue weighted by molar-refractivity contribution is 6.12. The fourth-order valence-corrected chi connectivity index (χ4v) is 2.96. The Labute approximate surface area is 165 Å². The molecule has 1 aliphatic heterocycles. The minimum Gasteiger partial charge on any atom is -0.449 e. The van der Waals surface area contributed by atoms with Crippen LogP contribution in [0.1, 0.15) is 31.4 Å². The van der Waals surface area contributed by atoms with E-state index in [4.69, 9.17) is 10.5 Å². The van der Waals surface area contributed by atoms with Gasteiger partial charge in [-0.1, -0.05) is 36.8 Å². The van der Waals surface area contributed by atoms with Crippen LogP contribution in [0.25, 0.3) is 6.08 Å². The molecule has 0 spiro atoms. The van der Waals surface area contributed by atoms with Gasteiger partial charge in [-0.3, -0.25) is 14.5 Å². The fourth-order valence-electron chi connectivity index (χ4n) is 2.96. The second-order valence-corrected chi connectivity index (χ2v) is 7.02. The van der Waals surface area contributed by atoms with Gasteiger partial charge in [0.1, 0.15) is 6.54 Å². The Hall–Kier alpha value is -3.28. The summed E-state index contributed by atoms with van der Waals surface area (Å²) in [5.74, 6) is 0.0510. The number of rotatable bonds is 5. The minimum absolute atomic E-state index is 0.0336. The van der Waals surface area contributed by atoms with Crippen molar-refractivity contribution in [3.63, 3.8) is 0 Å². The lowest BCUT2D eigenvalue weighted by atomic mass is 10.1.